The number of aryl methyl sites for hydroxylation is 2. The van der Waals surface area contributed by atoms with Crippen LogP contribution < -0.4 is 10.5 Å². The van der Waals surface area contributed by atoms with Crippen LogP contribution in [-0.4, -0.2) is 41.1 Å². The highest BCUT2D eigenvalue weighted by Crippen LogP contribution is 2.34. The van der Waals surface area contributed by atoms with Gasteiger partial charge in [-0.2, -0.15) is 5.10 Å². The van der Waals surface area contributed by atoms with Crippen molar-refractivity contribution in [1.29, 1.82) is 0 Å². The van der Waals surface area contributed by atoms with Crippen molar-refractivity contribution in [2.24, 2.45) is 0 Å². The molecule has 4 heterocycles. The van der Waals surface area contributed by atoms with Gasteiger partial charge >= 0.3 is 0 Å². The number of aromatic nitrogens is 3. The van der Waals surface area contributed by atoms with Crippen LogP contribution in [0.15, 0.2) is 45.8 Å². The van der Waals surface area contributed by atoms with Gasteiger partial charge in [-0.15, -0.1) is 0 Å². The monoisotopic (exact) mass is 422 g/mol. The first-order valence-electron chi connectivity index (χ1n) is 9.94. The summed E-state index contributed by atoms with van der Waals surface area (Å²) in [4.78, 5) is 20.2. The lowest BCUT2D eigenvalue weighted by atomic mass is 10.1. The fourth-order valence-electron chi connectivity index (χ4n) is 3.65. The van der Waals surface area contributed by atoms with Crippen LogP contribution in [0.1, 0.15) is 16.7 Å². The fraction of sp³-hybridized carbons (Fsp3) is 0.318. The highest BCUT2D eigenvalue weighted by atomic mass is 32.1. The van der Waals surface area contributed by atoms with Crippen LogP contribution in [0.3, 0.4) is 0 Å². The van der Waals surface area contributed by atoms with Crippen LogP contribution in [0.2, 0.25) is 0 Å². The number of furan rings is 1. The second-order valence-corrected chi connectivity index (χ2v) is 8.47. The number of hydrogen-bond donors (Lipinski definition) is 0. The summed E-state index contributed by atoms with van der Waals surface area (Å²) >= 11 is 1.49. The molecule has 1 aliphatic heterocycles. The molecule has 154 valence electrons. The second kappa shape index (κ2) is 7.70. The standard InChI is InChI=1S/C22H22N4O3S/c1-14-5-6-15(2)16(12-14)13-26-21(27)19-20(18(24-26)17-4-3-9-29-17)30-22(23-19)25-7-10-28-11-8-25/h3-6,9,12H,7-8,10-11,13H2,1-2H3. The molecule has 5 rings (SSSR count). The van der Waals surface area contributed by atoms with E-state index in [9.17, 15) is 4.79 Å². The number of nitrogens with zero attached hydrogens (tertiary/aromatic N) is 4. The van der Waals surface area contributed by atoms with Gasteiger partial charge in [0.05, 0.1) is 30.7 Å². The van der Waals surface area contributed by atoms with Crippen molar-refractivity contribution >= 4 is 26.7 Å². The molecule has 0 amide bonds. The molecule has 0 unspecified atom stereocenters. The molecule has 0 bridgehead atoms. The lowest BCUT2D eigenvalue weighted by Gasteiger charge is -2.25. The smallest absolute Gasteiger partial charge is 0.294 e. The van der Waals surface area contributed by atoms with Crippen molar-refractivity contribution in [1.82, 2.24) is 14.8 Å². The molecular formula is C22H22N4O3S. The van der Waals surface area contributed by atoms with Gasteiger partial charge in [-0.3, -0.25) is 4.79 Å². The SMILES string of the molecule is Cc1ccc(C)c(Cn2nc(-c3ccco3)c3sc(N4CCOCC4)nc3c2=O)c1. The molecule has 0 radical (unpaired) electrons. The molecule has 0 saturated carbocycles. The molecule has 1 aliphatic rings. The largest absolute Gasteiger partial charge is 0.463 e. The van der Waals surface area contributed by atoms with E-state index in [2.05, 4.69) is 23.1 Å². The number of benzene rings is 1. The van der Waals surface area contributed by atoms with Crippen molar-refractivity contribution in [3.05, 3.63) is 63.6 Å². The maximum absolute atomic E-state index is 13.3. The summed E-state index contributed by atoms with van der Waals surface area (Å²) in [5, 5.41) is 5.53. The fourth-order valence-corrected chi connectivity index (χ4v) is 4.75. The summed E-state index contributed by atoms with van der Waals surface area (Å²) in [6.45, 7) is 7.34. The molecule has 3 aromatic heterocycles. The molecule has 0 atom stereocenters. The third-order valence-corrected chi connectivity index (χ3v) is 6.47. The topological polar surface area (TPSA) is 73.4 Å². The zero-order valence-corrected chi connectivity index (χ0v) is 17.7. The molecule has 0 N–H and O–H groups in total. The molecule has 4 aromatic rings. The van der Waals surface area contributed by atoms with E-state index < -0.39 is 0 Å². The maximum Gasteiger partial charge on any atom is 0.294 e. The van der Waals surface area contributed by atoms with Gasteiger partial charge in [0.25, 0.3) is 5.56 Å². The molecule has 8 heteroatoms. The Morgan fingerprint density at radius 3 is 2.77 bits per heavy atom. The Morgan fingerprint density at radius 1 is 1.17 bits per heavy atom. The van der Waals surface area contributed by atoms with Crippen molar-refractivity contribution in [2.75, 3.05) is 31.2 Å². The average molecular weight is 423 g/mol. The van der Waals surface area contributed by atoms with Crippen LogP contribution in [0.25, 0.3) is 21.7 Å². The first-order valence-corrected chi connectivity index (χ1v) is 10.8. The molecular weight excluding hydrogens is 400 g/mol. The van der Waals surface area contributed by atoms with Crippen molar-refractivity contribution in [3.8, 4) is 11.5 Å². The zero-order valence-electron chi connectivity index (χ0n) is 16.9. The van der Waals surface area contributed by atoms with E-state index in [0.717, 1.165) is 39.6 Å². The Kier molecular flexibility index (Phi) is 4.88. The third kappa shape index (κ3) is 3.42. The molecule has 0 spiro atoms. The molecule has 7 nitrogen and oxygen atoms in total. The summed E-state index contributed by atoms with van der Waals surface area (Å²) < 4.78 is 13.4. The minimum Gasteiger partial charge on any atom is -0.463 e. The van der Waals surface area contributed by atoms with Crippen LogP contribution >= 0.6 is 11.3 Å². The van der Waals surface area contributed by atoms with E-state index in [1.165, 1.54) is 16.0 Å². The van der Waals surface area contributed by atoms with Gasteiger partial charge in [0.15, 0.2) is 16.4 Å². The van der Waals surface area contributed by atoms with Gasteiger partial charge in [0.2, 0.25) is 0 Å². The number of fused-ring (bicyclic) bond motifs is 1. The summed E-state index contributed by atoms with van der Waals surface area (Å²) in [5.41, 5.74) is 4.25. The second-order valence-electron chi connectivity index (χ2n) is 7.49. The molecule has 1 saturated heterocycles. The van der Waals surface area contributed by atoms with Crippen LogP contribution in [0.4, 0.5) is 5.13 Å². The van der Waals surface area contributed by atoms with Crippen molar-refractivity contribution < 1.29 is 9.15 Å². The molecule has 30 heavy (non-hydrogen) atoms. The first kappa shape index (κ1) is 19.0. The van der Waals surface area contributed by atoms with Crippen LogP contribution in [0, 0.1) is 13.8 Å². The maximum atomic E-state index is 13.3. The Labute approximate surface area is 177 Å². The van der Waals surface area contributed by atoms with E-state index in [-0.39, 0.29) is 5.56 Å². The lowest BCUT2D eigenvalue weighted by Crippen LogP contribution is -2.36. The van der Waals surface area contributed by atoms with E-state index in [0.29, 0.717) is 36.7 Å². The first-order chi connectivity index (χ1) is 14.6. The Balaban J connectivity index is 1.67. The Morgan fingerprint density at radius 2 is 2.00 bits per heavy atom. The number of ether oxygens (including phenoxy) is 1. The highest BCUT2D eigenvalue weighted by Gasteiger charge is 2.22. The lowest BCUT2D eigenvalue weighted by molar-refractivity contribution is 0.122. The number of rotatable bonds is 4. The predicted molar refractivity (Wildman–Crippen MR) is 117 cm³/mol. The number of anilines is 1. The van der Waals surface area contributed by atoms with Gasteiger partial charge in [-0.1, -0.05) is 35.1 Å². The van der Waals surface area contributed by atoms with Gasteiger partial charge < -0.3 is 14.1 Å². The third-order valence-electron chi connectivity index (χ3n) is 5.35. The summed E-state index contributed by atoms with van der Waals surface area (Å²) in [6, 6.07) is 9.93. The van der Waals surface area contributed by atoms with Gasteiger partial charge in [0.1, 0.15) is 5.69 Å². The number of morpholine rings is 1. The molecule has 0 aliphatic carbocycles. The summed E-state index contributed by atoms with van der Waals surface area (Å²) in [6.07, 6.45) is 1.62. The predicted octanol–water partition coefficient (Wildman–Crippen LogP) is 3.61. The van der Waals surface area contributed by atoms with E-state index in [4.69, 9.17) is 19.2 Å². The Bertz CT molecular complexity index is 1250. The van der Waals surface area contributed by atoms with Crippen molar-refractivity contribution in [2.45, 2.75) is 20.4 Å². The van der Waals surface area contributed by atoms with Gasteiger partial charge in [0, 0.05) is 13.1 Å². The zero-order chi connectivity index (χ0) is 20.7. The van der Waals surface area contributed by atoms with Gasteiger partial charge in [-0.05, 0) is 37.1 Å². The van der Waals surface area contributed by atoms with Crippen molar-refractivity contribution in [3.63, 3.8) is 0 Å². The van der Waals surface area contributed by atoms with Crippen LogP contribution in [-0.2, 0) is 11.3 Å². The Hall–Kier alpha value is -2.97. The molecule has 1 fully saturated rings. The highest BCUT2D eigenvalue weighted by molar-refractivity contribution is 7.22. The number of thiazole rings is 1. The number of hydrogen-bond acceptors (Lipinski definition) is 7. The van der Waals surface area contributed by atoms with Gasteiger partial charge in [-0.25, -0.2) is 9.67 Å². The minimum absolute atomic E-state index is 0.183. The van der Waals surface area contributed by atoms with E-state index >= 15 is 0 Å². The van der Waals surface area contributed by atoms with Crippen LogP contribution in [0.5, 0.6) is 0 Å². The van der Waals surface area contributed by atoms with E-state index in [1.807, 2.05) is 26.0 Å². The quantitative estimate of drug-likeness (QED) is 0.500. The van der Waals surface area contributed by atoms with E-state index in [1.54, 1.807) is 6.26 Å². The molecule has 1 aromatic carbocycles. The summed E-state index contributed by atoms with van der Waals surface area (Å²) in [5.74, 6) is 0.631. The summed E-state index contributed by atoms with van der Waals surface area (Å²) in [7, 11) is 0. The normalized spacial score (nSPS) is 14.5. The minimum atomic E-state index is -0.183. The average Bonchev–Trinajstić information content (AvgIpc) is 3.44.